The topological polar surface area (TPSA) is 101 Å². The second kappa shape index (κ2) is 8.47. The van der Waals surface area contributed by atoms with Gasteiger partial charge in [0, 0.05) is 13.3 Å². The fourth-order valence-electron chi connectivity index (χ4n) is 2.84. The second-order valence-electron chi connectivity index (χ2n) is 6.77. The Morgan fingerprint density at radius 1 is 1.00 bits per heavy atom. The molecule has 0 aliphatic heterocycles. The van der Waals surface area contributed by atoms with Crippen LogP contribution in [0.5, 0.6) is 0 Å². The molecule has 0 spiro atoms. The van der Waals surface area contributed by atoms with E-state index in [0.717, 1.165) is 16.3 Å². The summed E-state index contributed by atoms with van der Waals surface area (Å²) in [6, 6.07) is 12.2. The summed E-state index contributed by atoms with van der Waals surface area (Å²) < 4.78 is 0. The average Bonchev–Trinajstić information content (AvgIpc) is 2.58. The van der Waals surface area contributed by atoms with E-state index in [4.69, 9.17) is 5.73 Å². The Morgan fingerprint density at radius 3 is 2.23 bits per heavy atom. The molecule has 0 bridgehead atoms. The minimum atomic E-state index is -0.848. The Labute approximate surface area is 153 Å². The van der Waals surface area contributed by atoms with E-state index in [-0.39, 0.29) is 18.2 Å². The van der Waals surface area contributed by atoms with Crippen LogP contribution < -0.4 is 16.4 Å². The second-order valence-corrected chi connectivity index (χ2v) is 6.77. The van der Waals surface area contributed by atoms with Gasteiger partial charge in [0.25, 0.3) is 0 Å². The molecular weight excluding hydrogens is 330 g/mol. The van der Waals surface area contributed by atoms with Gasteiger partial charge in [-0.1, -0.05) is 56.3 Å². The largest absolute Gasteiger partial charge is 0.368 e. The number of fused-ring (bicyclic) bond motifs is 1. The number of carbonyl (C=O) groups is 3. The summed E-state index contributed by atoms with van der Waals surface area (Å²) >= 11 is 0. The van der Waals surface area contributed by atoms with Crippen molar-refractivity contribution in [3.05, 3.63) is 48.0 Å². The number of carbonyl (C=O) groups excluding carboxylic acids is 3. The summed E-state index contributed by atoms with van der Waals surface area (Å²) in [7, 11) is 0. The van der Waals surface area contributed by atoms with Gasteiger partial charge < -0.3 is 16.4 Å². The van der Waals surface area contributed by atoms with Gasteiger partial charge in [-0.25, -0.2) is 0 Å². The van der Waals surface area contributed by atoms with Crippen molar-refractivity contribution in [1.82, 2.24) is 10.6 Å². The molecule has 4 N–H and O–H groups in total. The van der Waals surface area contributed by atoms with Crippen LogP contribution in [0.2, 0.25) is 0 Å². The minimum Gasteiger partial charge on any atom is -0.368 e. The lowest BCUT2D eigenvalue weighted by Crippen LogP contribution is -2.55. The van der Waals surface area contributed by atoms with Crippen LogP contribution in [0, 0.1) is 5.92 Å². The van der Waals surface area contributed by atoms with Crippen molar-refractivity contribution < 1.29 is 14.4 Å². The highest BCUT2D eigenvalue weighted by molar-refractivity contribution is 5.91. The molecule has 138 valence electrons. The quantitative estimate of drug-likeness (QED) is 0.702. The van der Waals surface area contributed by atoms with E-state index in [2.05, 4.69) is 10.6 Å². The predicted octanol–water partition coefficient (Wildman–Crippen LogP) is 1.51. The third-order valence-electron chi connectivity index (χ3n) is 4.22. The van der Waals surface area contributed by atoms with E-state index in [9.17, 15) is 14.4 Å². The monoisotopic (exact) mass is 355 g/mol. The number of hydrogen-bond acceptors (Lipinski definition) is 3. The maximum Gasteiger partial charge on any atom is 0.243 e. The molecule has 6 heteroatoms. The summed E-state index contributed by atoms with van der Waals surface area (Å²) in [5.74, 6) is -1.45. The molecular formula is C20H25N3O3. The smallest absolute Gasteiger partial charge is 0.243 e. The van der Waals surface area contributed by atoms with Crippen molar-refractivity contribution in [2.75, 3.05) is 0 Å². The fraction of sp³-hybridized carbons (Fsp3) is 0.350. The van der Waals surface area contributed by atoms with Crippen LogP contribution in [0.1, 0.15) is 26.3 Å². The summed E-state index contributed by atoms with van der Waals surface area (Å²) in [6.45, 7) is 4.99. The molecule has 0 fully saturated rings. The highest BCUT2D eigenvalue weighted by atomic mass is 16.2. The maximum atomic E-state index is 12.5. The molecule has 3 amide bonds. The SMILES string of the molecule is CC(=O)N[C@@H](C(=O)N[C@H](Cc1ccc2ccccc2c1)C(N)=O)C(C)C. The molecule has 26 heavy (non-hydrogen) atoms. The van der Waals surface area contributed by atoms with Crippen molar-refractivity contribution >= 4 is 28.5 Å². The van der Waals surface area contributed by atoms with Gasteiger partial charge in [0.1, 0.15) is 12.1 Å². The normalized spacial score (nSPS) is 13.2. The first-order valence-corrected chi connectivity index (χ1v) is 8.62. The molecule has 0 heterocycles. The van der Waals surface area contributed by atoms with Gasteiger partial charge in [-0.3, -0.25) is 14.4 Å². The molecule has 0 radical (unpaired) electrons. The third-order valence-corrected chi connectivity index (χ3v) is 4.22. The van der Waals surface area contributed by atoms with Crippen molar-refractivity contribution in [3.8, 4) is 0 Å². The molecule has 0 saturated carbocycles. The summed E-state index contributed by atoms with van der Waals surface area (Å²) in [5.41, 5.74) is 6.38. The van der Waals surface area contributed by atoms with Crippen LogP contribution in [0.3, 0.4) is 0 Å². The van der Waals surface area contributed by atoms with Gasteiger partial charge in [0.15, 0.2) is 0 Å². The molecule has 2 atom stereocenters. The number of benzene rings is 2. The lowest BCUT2D eigenvalue weighted by molar-refractivity contribution is -0.131. The number of nitrogens with two attached hydrogens (primary N) is 1. The number of primary amides is 1. The number of hydrogen-bond donors (Lipinski definition) is 3. The van der Waals surface area contributed by atoms with E-state index in [1.54, 1.807) is 0 Å². The molecule has 6 nitrogen and oxygen atoms in total. The fourth-order valence-corrected chi connectivity index (χ4v) is 2.84. The van der Waals surface area contributed by atoms with Crippen LogP contribution in [0.15, 0.2) is 42.5 Å². The number of rotatable bonds is 7. The third kappa shape index (κ3) is 5.05. The van der Waals surface area contributed by atoms with Crippen molar-refractivity contribution in [2.24, 2.45) is 11.7 Å². The van der Waals surface area contributed by atoms with Crippen molar-refractivity contribution in [3.63, 3.8) is 0 Å². The molecule has 0 aliphatic rings. The van der Waals surface area contributed by atoms with Gasteiger partial charge in [-0.15, -0.1) is 0 Å². The highest BCUT2D eigenvalue weighted by Gasteiger charge is 2.27. The van der Waals surface area contributed by atoms with Crippen molar-refractivity contribution in [1.29, 1.82) is 0 Å². The van der Waals surface area contributed by atoms with Gasteiger partial charge in [0.05, 0.1) is 0 Å². The first-order chi connectivity index (χ1) is 12.3. The van der Waals surface area contributed by atoms with E-state index < -0.39 is 23.9 Å². The zero-order chi connectivity index (χ0) is 19.3. The van der Waals surface area contributed by atoms with E-state index in [0.29, 0.717) is 0 Å². The maximum absolute atomic E-state index is 12.5. The van der Waals surface area contributed by atoms with Crippen LogP contribution in [0.25, 0.3) is 10.8 Å². The summed E-state index contributed by atoms with van der Waals surface area (Å²) in [4.78, 5) is 35.7. The summed E-state index contributed by atoms with van der Waals surface area (Å²) in [5, 5.41) is 7.43. The Hall–Kier alpha value is -2.89. The van der Waals surface area contributed by atoms with Crippen LogP contribution in [0.4, 0.5) is 0 Å². The minimum absolute atomic E-state index is 0.118. The first kappa shape index (κ1) is 19.4. The summed E-state index contributed by atoms with van der Waals surface area (Å²) in [6.07, 6.45) is 0.288. The highest BCUT2D eigenvalue weighted by Crippen LogP contribution is 2.17. The number of nitrogens with one attached hydrogen (secondary N) is 2. The van der Waals surface area contributed by atoms with Crippen LogP contribution in [-0.2, 0) is 20.8 Å². The first-order valence-electron chi connectivity index (χ1n) is 8.62. The predicted molar refractivity (Wildman–Crippen MR) is 101 cm³/mol. The van der Waals surface area contributed by atoms with E-state index in [1.165, 1.54) is 6.92 Å². The average molecular weight is 355 g/mol. The van der Waals surface area contributed by atoms with Crippen molar-refractivity contribution in [2.45, 2.75) is 39.3 Å². The molecule has 2 aromatic carbocycles. The van der Waals surface area contributed by atoms with Gasteiger partial charge in [-0.05, 0) is 22.3 Å². The standard InChI is InChI=1S/C20H25N3O3/c1-12(2)18(22-13(3)24)20(26)23-17(19(21)25)11-14-8-9-15-6-4-5-7-16(15)10-14/h4-10,12,17-18H,11H2,1-3H3,(H2,21,25)(H,22,24)(H,23,26)/t17-,18-/m1/s1. The zero-order valence-electron chi connectivity index (χ0n) is 15.3. The lowest BCUT2D eigenvalue weighted by Gasteiger charge is -2.24. The molecule has 2 aromatic rings. The number of amides is 3. The Bertz CT molecular complexity index is 817. The van der Waals surface area contributed by atoms with E-state index in [1.807, 2.05) is 56.3 Å². The molecule has 0 unspecified atom stereocenters. The van der Waals surface area contributed by atoms with Crippen LogP contribution >= 0.6 is 0 Å². The Kier molecular flexibility index (Phi) is 6.33. The Morgan fingerprint density at radius 2 is 1.65 bits per heavy atom. The van der Waals surface area contributed by atoms with Crippen LogP contribution in [-0.4, -0.2) is 29.8 Å². The molecule has 0 aliphatic carbocycles. The molecule has 2 rings (SSSR count). The van der Waals surface area contributed by atoms with Gasteiger partial charge in [0.2, 0.25) is 17.7 Å². The zero-order valence-corrected chi connectivity index (χ0v) is 15.3. The van der Waals surface area contributed by atoms with Gasteiger partial charge in [-0.2, -0.15) is 0 Å². The molecule has 0 aromatic heterocycles. The lowest BCUT2D eigenvalue weighted by atomic mass is 9.99. The Balaban J connectivity index is 2.15. The van der Waals surface area contributed by atoms with Gasteiger partial charge >= 0.3 is 0 Å². The molecule has 0 saturated heterocycles. The van der Waals surface area contributed by atoms with E-state index >= 15 is 0 Å².